The third-order valence-corrected chi connectivity index (χ3v) is 2.41. The van der Waals surface area contributed by atoms with Gasteiger partial charge in [-0.1, -0.05) is 11.6 Å². The van der Waals surface area contributed by atoms with E-state index in [2.05, 4.69) is 4.98 Å². The molecule has 4 nitrogen and oxygen atoms in total. The van der Waals surface area contributed by atoms with E-state index in [4.69, 9.17) is 11.6 Å². The van der Waals surface area contributed by atoms with Gasteiger partial charge in [0.25, 0.3) is 5.91 Å². The Bertz CT molecular complexity index is 368. The minimum absolute atomic E-state index is 0.107. The maximum atomic E-state index is 11.9. The minimum Gasteiger partial charge on any atom is -0.339 e. The van der Waals surface area contributed by atoms with E-state index in [1.54, 1.807) is 24.1 Å². The van der Waals surface area contributed by atoms with Crippen LogP contribution in [-0.4, -0.2) is 54.9 Å². The number of likely N-dealkylation sites (N-methyl/N-ethyl adjacent to an activating group) is 2. The summed E-state index contributed by atoms with van der Waals surface area (Å²) in [6.45, 7) is 1.49. The van der Waals surface area contributed by atoms with E-state index < -0.39 is 0 Å². The standard InChI is InChI=1S/C11H16ClN3O/c1-14(2)6-7-15(3)11(16)10-8-9(12)4-5-13-10/h4-5,8H,6-7H2,1-3H3. The van der Waals surface area contributed by atoms with Crippen molar-refractivity contribution >= 4 is 17.5 Å². The Morgan fingerprint density at radius 2 is 2.06 bits per heavy atom. The van der Waals surface area contributed by atoms with Crippen molar-refractivity contribution in [2.75, 3.05) is 34.2 Å². The van der Waals surface area contributed by atoms with Crippen molar-refractivity contribution < 1.29 is 4.79 Å². The molecule has 1 heterocycles. The second kappa shape index (κ2) is 5.82. The van der Waals surface area contributed by atoms with Crippen LogP contribution in [0.4, 0.5) is 0 Å². The van der Waals surface area contributed by atoms with Crippen molar-refractivity contribution in [2.45, 2.75) is 0 Å². The Hall–Kier alpha value is -1.13. The molecule has 5 heteroatoms. The van der Waals surface area contributed by atoms with Crippen LogP contribution in [0.15, 0.2) is 18.3 Å². The van der Waals surface area contributed by atoms with Crippen LogP contribution in [0, 0.1) is 0 Å². The summed E-state index contributed by atoms with van der Waals surface area (Å²) in [5, 5.41) is 0.527. The smallest absolute Gasteiger partial charge is 0.272 e. The summed E-state index contributed by atoms with van der Waals surface area (Å²) < 4.78 is 0. The van der Waals surface area contributed by atoms with Gasteiger partial charge in [0.15, 0.2) is 0 Å². The van der Waals surface area contributed by atoms with Crippen LogP contribution in [0.25, 0.3) is 0 Å². The largest absolute Gasteiger partial charge is 0.339 e. The van der Waals surface area contributed by atoms with E-state index in [0.717, 1.165) is 6.54 Å². The van der Waals surface area contributed by atoms with E-state index in [-0.39, 0.29) is 5.91 Å². The van der Waals surface area contributed by atoms with Crippen LogP contribution < -0.4 is 0 Å². The fourth-order valence-corrected chi connectivity index (χ4v) is 1.33. The fourth-order valence-electron chi connectivity index (χ4n) is 1.17. The van der Waals surface area contributed by atoms with Gasteiger partial charge in [0.1, 0.15) is 5.69 Å². The van der Waals surface area contributed by atoms with Gasteiger partial charge in [-0.2, -0.15) is 0 Å². The van der Waals surface area contributed by atoms with Crippen molar-refractivity contribution in [1.82, 2.24) is 14.8 Å². The number of halogens is 1. The highest BCUT2D eigenvalue weighted by Crippen LogP contribution is 2.09. The number of carbonyl (C=O) groups is 1. The van der Waals surface area contributed by atoms with Gasteiger partial charge in [-0.15, -0.1) is 0 Å². The van der Waals surface area contributed by atoms with E-state index in [1.807, 2.05) is 19.0 Å². The molecule has 0 fully saturated rings. The van der Waals surface area contributed by atoms with Crippen LogP contribution in [0.3, 0.4) is 0 Å². The predicted molar refractivity (Wildman–Crippen MR) is 64.8 cm³/mol. The lowest BCUT2D eigenvalue weighted by atomic mass is 10.3. The molecule has 0 saturated carbocycles. The average Bonchev–Trinajstić information content (AvgIpc) is 2.24. The summed E-state index contributed by atoms with van der Waals surface area (Å²) in [6.07, 6.45) is 1.54. The first-order valence-corrected chi connectivity index (χ1v) is 5.40. The fraction of sp³-hybridized carbons (Fsp3) is 0.455. The van der Waals surface area contributed by atoms with E-state index in [9.17, 15) is 4.79 Å². The molecular weight excluding hydrogens is 226 g/mol. The molecule has 0 saturated heterocycles. The van der Waals surface area contributed by atoms with Crippen molar-refractivity contribution in [2.24, 2.45) is 0 Å². The zero-order valence-electron chi connectivity index (χ0n) is 9.77. The highest BCUT2D eigenvalue weighted by atomic mass is 35.5. The first kappa shape index (κ1) is 12.9. The Labute approximate surface area is 101 Å². The number of hydrogen-bond acceptors (Lipinski definition) is 3. The third-order valence-electron chi connectivity index (χ3n) is 2.17. The Balaban J connectivity index is 2.63. The zero-order chi connectivity index (χ0) is 12.1. The quantitative estimate of drug-likeness (QED) is 0.799. The lowest BCUT2D eigenvalue weighted by molar-refractivity contribution is 0.0780. The van der Waals surface area contributed by atoms with Gasteiger partial charge in [0, 0.05) is 31.4 Å². The van der Waals surface area contributed by atoms with Crippen LogP contribution in [0.2, 0.25) is 5.02 Å². The molecule has 0 atom stereocenters. The Kier molecular flexibility index (Phi) is 4.71. The number of amides is 1. The summed E-state index contributed by atoms with van der Waals surface area (Å²) in [7, 11) is 5.69. The van der Waals surface area contributed by atoms with Gasteiger partial charge in [0.05, 0.1) is 0 Å². The molecule has 1 aromatic rings. The number of rotatable bonds is 4. The van der Waals surface area contributed by atoms with E-state index in [1.165, 1.54) is 6.20 Å². The van der Waals surface area contributed by atoms with E-state index >= 15 is 0 Å². The van der Waals surface area contributed by atoms with Crippen LogP contribution in [0.5, 0.6) is 0 Å². The number of carbonyl (C=O) groups excluding carboxylic acids is 1. The average molecular weight is 242 g/mol. The molecular formula is C11H16ClN3O. The number of aromatic nitrogens is 1. The number of pyridine rings is 1. The highest BCUT2D eigenvalue weighted by Gasteiger charge is 2.12. The summed E-state index contributed by atoms with van der Waals surface area (Å²) in [5.74, 6) is -0.107. The molecule has 0 unspecified atom stereocenters. The molecule has 0 N–H and O–H groups in total. The first-order valence-electron chi connectivity index (χ1n) is 5.02. The van der Waals surface area contributed by atoms with Gasteiger partial charge in [0.2, 0.25) is 0 Å². The maximum absolute atomic E-state index is 11.9. The second-order valence-electron chi connectivity index (χ2n) is 3.89. The van der Waals surface area contributed by atoms with Gasteiger partial charge in [-0.05, 0) is 26.2 Å². The number of hydrogen-bond donors (Lipinski definition) is 0. The normalized spacial score (nSPS) is 10.6. The molecule has 1 amide bonds. The monoisotopic (exact) mass is 241 g/mol. The predicted octanol–water partition coefficient (Wildman–Crippen LogP) is 1.37. The van der Waals surface area contributed by atoms with Crippen LogP contribution in [-0.2, 0) is 0 Å². The SMILES string of the molecule is CN(C)CCN(C)C(=O)c1cc(Cl)ccn1. The summed E-state index contributed by atoms with van der Waals surface area (Å²) in [5.41, 5.74) is 0.383. The molecule has 0 radical (unpaired) electrons. The van der Waals surface area contributed by atoms with Crippen molar-refractivity contribution in [3.63, 3.8) is 0 Å². The zero-order valence-corrected chi connectivity index (χ0v) is 10.5. The molecule has 0 aliphatic carbocycles. The topological polar surface area (TPSA) is 36.4 Å². The molecule has 0 aliphatic rings. The molecule has 1 rings (SSSR count). The summed E-state index contributed by atoms with van der Waals surface area (Å²) in [6, 6.07) is 3.23. The van der Waals surface area contributed by atoms with Gasteiger partial charge >= 0.3 is 0 Å². The van der Waals surface area contributed by atoms with Gasteiger partial charge in [-0.25, -0.2) is 0 Å². The molecule has 0 aliphatic heterocycles. The van der Waals surface area contributed by atoms with Crippen molar-refractivity contribution in [3.05, 3.63) is 29.0 Å². The Morgan fingerprint density at radius 1 is 1.38 bits per heavy atom. The first-order chi connectivity index (χ1) is 7.50. The van der Waals surface area contributed by atoms with Gasteiger partial charge in [-0.3, -0.25) is 9.78 Å². The van der Waals surface area contributed by atoms with E-state index in [0.29, 0.717) is 17.3 Å². The minimum atomic E-state index is -0.107. The molecule has 16 heavy (non-hydrogen) atoms. The summed E-state index contributed by atoms with van der Waals surface area (Å²) in [4.78, 5) is 19.6. The lowest BCUT2D eigenvalue weighted by Gasteiger charge is -2.19. The third kappa shape index (κ3) is 3.79. The lowest BCUT2D eigenvalue weighted by Crippen LogP contribution is -2.33. The maximum Gasteiger partial charge on any atom is 0.272 e. The molecule has 0 spiro atoms. The van der Waals surface area contributed by atoms with Crippen molar-refractivity contribution in [3.8, 4) is 0 Å². The molecule has 0 aromatic carbocycles. The molecule has 0 bridgehead atoms. The van der Waals surface area contributed by atoms with Crippen LogP contribution in [0.1, 0.15) is 10.5 Å². The Morgan fingerprint density at radius 3 is 2.62 bits per heavy atom. The van der Waals surface area contributed by atoms with Gasteiger partial charge < -0.3 is 9.80 Å². The number of nitrogens with zero attached hydrogens (tertiary/aromatic N) is 3. The summed E-state index contributed by atoms with van der Waals surface area (Å²) >= 11 is 5.80. The molecule has 1 aromatic heterocycles. The second-order valence-corrected chi connectivity index (χ2v) is 4.33. The van der Waals surface area contributed by atoms with Crippen molar-refractivity contribution in [1.29, 1.82) is 0 Å². The van der Waals surface area contributed by atoms with Crippen LogP contribution >= 0.6 is 11.6 Å². The highest BCUT2D eigenvalue weighted by molar-refractivity contribution is 6.30. The molecule has 88 valence electrons.